The molecule has 2 N–H and O–H groups in total. The monoisotopic (exact) mass is 405 g/mol. The normalized spacial score (nSPS) is 11.1. The third-order valence-electron chi connectivity index (χ3n) is 3.84. The van der Waals surface area contributed by atoms with E-state index in [1.165, 1.54) is 12.1 Å². The Balaban J connectivity index is 1.57. The largest absolute Gasteiger partial charge is 0.573 e. The minimum absolute atomic E-state index is 0.325. The predicted molar refractivity (Wildman–Crippen MR) is 101 cm³/mol. The molecule has 0 aliphatic carbocycles. The molecule has 0 saturated carbocycles. The van der Waals surface area contributed by atoms with Crippen LogP contribution in [0.5, 0.6) is 5.75 Å². The molecular formula is C19H18F3N5O2. The molecule has 0 atom stereocenters. The second kappa shape index (κ2) is 9.09. The Morgan fingerprint density at radius 1 is 1.14 bits per heavy atom. The van der Waals surface area contributed by atoms with Crippen molar-refractivity contribution < 1.29 is 22.7 Å². The average Bonchev–Trinajstić information content (AvgIpc) is 3.19. The summed E-state index contributed by atoms with van der Waals surface area (Å²) in [5.41, 5.74) is 0.658. The van der Waals surface area contributed by atoms with E-state index in [-0.39, 0.29) is 5.75 Å². The van der Waals surface area contributed by atoms with Crippen LogP contribution < -0.4 is 15.4 Å². The first-order valence-corrected chi connectivity index (χ1v) is 8.72. The van der Waals surface area contributed by atoms with Crippen LogP contribution in [0.15, 0.2) is 61.3 Å². The van der Waals surface area contributed by atoms with Crippen LogP contribution in [0.2, 0.25) is 0 Å². The van der Waals surface area contributed by atoms with Crippen molar-refractivity contribution in [2.24, 2.45) is 0 Å². The molecule has 1 amide bonds. The molecule has 3 aromatic rings. The van der Waals surface area contributed by atoms with Gasteiger partial charge in [0.05, 0.1) is 11.9 Å². The Labute approximate surface area is 164 Å². The number of benzene rings is 1. The number of aromatic nitrogens is 3. The number of aryl methyl sites for hydroxylation is 1. The summed E-state index contributed by atoms with van der Waals surface area (Å²) in [5, 5.41) is 5.76. The molecular weight excluding hydrogens is 387 g/mol. The van der Waals surface area contributed by atoms with Gasteiger partial charge in [0.25, 0.3) is 5.91 Å². The molecule has 29 heavy (non-hydrogen) atoms. The number of nitrogens with one attached hydrogen (secondary N) is 2. The van der Waals surface area contributed by atoms with Gasteiger partial charge in [-0.3, -0.25) is 4.79 Å². The molecule has 1 aromatic carbocycles. The highest BCUT2D eigenvalue weighted by Crippen LogP contribution is 2.24. The van der Waals surface area contributed by atoms with Crippen LogP contribution in [-0.4, -0.2) is 33.3 Å². The molecule has 0 radical (unpaired) electrons. The molecule has 0 saturated heterocycles. The molecule has 10 heteroatoms. The lowest BCUT2D eigenvalue weighted by molar-refractivity contribution is -0.274. The summed E-state index contributed by atoms with van der Waals surface area (Å²) >= 11 is 0. The fraction of sp³-hybridized carbons (Fsp3) is 0.211. The van der Waals surface area contributed by atoms with E-state index in [9.17, 15) is 18.0 Å². The Bertz CT molecular complexity index is 928. The average molecular weight is 405 g/mol. The highest BCUT2D eigenvalue weighted by Gasteiger charge is 2.31. The van der Waals surface area contributed by atoms with Crippen LogP contribution in [0.1, 0.15) is 16.8 Å². The quantitative estimate of drug-likeness (QED) is 0.555. The number of ether oxygens (including phenoxy) is 1. The number of carbonyl (C=O) groups is 1. The lowest BCUT2D eigenvalue weighted by Gasteiger charge is -2.12. The van der Waals surface area contributed by atoms with Crippen molar-refractivity contribution in [1.29, 1.82) is 0 Å². The van der Waals surface area contributed by atoms with E-state index >= 15 is 0 Å². The van der Waals surface area contributed by atoms with E-state index in [4.69, 9.17) is 0 Å². The van der Waals surface area contributed by atoms with Gasteiger partial charge in [0.1, 0.15) is 11.6 Å². The highest BCUT2D eigenvalue weighted by atomic mass is 19.4. The minimum Gasteiger partial charge on any atom is -0.406 e. The van der Waals surface area contributed by atoms with Gasteiger partial charge >= 0.3 is 6.36 Å². The Morgan fingerprint density at radius 3 is 2.62 bits per heavy atom. The number of halogens is 3. The van der Waals surface area contributed by atoms with Crippen molar-refractivity contribution in [2.75, 3.05) is 17.2 Å². The fourth-order valence-corrected chi connectivity index (χ4v) is 2.56. The Kier molecular flexibility index (Phi) is 6.32. The van der Waals surface area contributed by atoms with Crippen molar-refractivity contribution in [3.8, 4) is 5.75 Å². The molecule has 0 aliphatic heterocycles. The smallest absolute Gasteiger partial charge is 0.406 e. The first-order chi connectivity index (χ1) is 13.9. The number of imidazole rings is 1. The third kappa shape index (κ3) is 6.23. The number of nitrogens with zero attached hydrogens (tertiary/aromatic N) is 3. The molecule has 2 heterocycles. The lowest BCUT2D eigenvalue weighted by Crippen LogP contribution is -2.18. The van der Waals surface area contributed by atoms with Crippen LogP contribution in [0.4, 0.5) is 24.7 Å². The zero-order valence-electron chi connectivity index (χ0n) is 15.2. The van der Waals surface area contributed by atoms with E-state index in [1.807, 2.05) is 10.8 Å². The van der Waals surface area contributed by atoms with Gasteiger partial charge in [-0.2, -0.15) is 0 Å². The summed E-state index contributed by atoms with van der Waals surface area (Å²) < 4.78 is 42.4. The molecule has 0 spiro atoms. The van der Waals surface area contributed by atoms with Crippen LogP contribution >= 0.6 is 0 Å². The maximum Gasteiger partial charge on any atom is 0.573 e. The topological polar surface area (TPSA) is 81.1 Å². The molecule has 152 valence electrons. The Hall–Kier alpha value is -3.56. The molecule has 0 unspecified atom stereocenters. The van der Waals surface area contributed by atoms with Crippen LogP contribution in [0.25, 0.3) is 0 Å². The number of carbonyl (C=O) groups excluding carboxylic acids is 1. The number of anilines is 2. The van der Waals surface area contributed by atoms with E-state index in [0.717, 1.165) is 25.1 Å². The molecule has 0 aliphatic rings. The summed E-state index contributed by atoms with van der Waals surface area (Å²) in [4.78, 5) is 20.7. The standard InChI is InChI=1S/C19H18F3N5O2/c20-19(21,22)29-15-6-4-14(5-7-15)26-18(28)16-3-1-8-24-17(16)25-9-2-11-27-12-10-23-13-27/h1,3-8,10,12-13H,2,9,11H2,(H,24,25)(H,26,28). The summed E-state index contributed by atoms with van der Waals surface area (Å²) in [6, 6.07) is 8.15. The molecule has 2 aromatic heterocycles. The van der Waals surface area contributed by atoms with Crippen molar-refractivity contribution in [3.63, 3.8) is 0 Å². The minimum atomic E-state index is -4.76. The molecule has 7 nitrogen and oxygen atoms in total. The summed E-state index contributed by atoms with van der Waals surface area (Å²) in [6.07, 6.45) is 2.90. The highest BCUT2D eigenvalue weighted by molar-refractivity contribution is 6.07. The van der Waals surface area contributed by atoms with Gasteiger partial charge in [-0.15, -0.1) is 13.2 Å². The van der Waals surface area contributed by atoms with Gasteiger partial charge in [0, 0.05) is 37.4 Å². The van der Waals surface area contributed by atoms with Crippen molar-refractivity contribution in [1.82, 2.24) is 14.5 Å². The predicted octanol–water partition coefficient (Wildman–Crippen LogP) is 3.93. The zero-order chi connectivity index (χ0) is 20.7. The van der Waals surface area contributed by atoms with Crippen molar-refractivity contribution in [3.05, 3.63) is 66.9 Å². The van der Waals surface area contributed by atoms with Crippen LogP contribution in [-0.2, 0) is 6.54 Å². The van der Waals surface area contributed by atoms with Gasteiger partial charge in [-0.1, -0.05) is 0 Å². The first-order valence-electron chi connectivity index (χ1n) is 8.72. The first kappa shape index (κ1) is 20.2. The van der Waals surface area contributed by atoms with E-state index in [0.29, 0.717) is 23.6 Å². The maximum atomic E-state index is 12.6. The molecule has 0 bridgehead atoms. The SMILES string of the molecule is O=C(Nc1ccc(OC(F)(F)F)cc1)c1cccnc1NCCCn1ccnc1. The lowest BCUT2D eigenvalue weighted by atomic mass is 10.2. The van der Waals surface area contributed by atoms with Gasteiger partial charge in [0.15, 0.2) is 0 Å². The summed E-state index contributed by atoms with van der Waals surface area (Å²) in [6.45, 7) is 1.37. The number of rotatable bonds is 8. The van der Waals surface area contributed by atoms with Gasteiger partial charge in [0.2, 0.25) is 0 Å². The van der Waals surface area contributed by atoms with E-state index < -0.39 is 12.3 Å². The van der Waals surface area contributed by atoms with Crippen LogP contribution in [0.3, 0.4) is 0 Å². The summed E-state index contributed by atoms with van der Waals surface area (Å²) in [7, 11) is 0. The van der Waals surface area contributed by atoms with Gasteiger partial charge in [-0.05, 0) is 42.8 Å². The second-order valence-electron chi connectivity index (χ2n) is 6.01. The second-order valence-corrected chi connectivity index (χ2v) is 6.01. The third-order valence-corrected chi connectivity index (χ3v) is 3.84. The maximum absolute atomic E-state index is 12.6. The molecule has 3 rings (SSSR count). The van der Waals surface area contributed by atoms with E-state index in [1.54, 1.807) is 30.9 Å². The zero-order valence-corrected chi connectivity index (χ0v) is 15.2. The number of alkyl halides is 3. The number of amides is 1. The van der Waals surface area contributed by atoms with Crippen molar-refractivity contribution >= 4 is 17.4 Å². The Morgan fingerprint density at radius 2 is 1.93 bits per heavy atom. The fourth-order valence-electron chi connectivity index (χ4n) is 2.56. The summed E-state index contributed by atoms with van der Waals surface area (Å²) in [5.74, 6) is -0.371. The number of hydrogen-bond acceptors (Lipinski definition) is 5. The van der Waals surface area contributed by atoms with E-state index in [2.05, 4.69) is 25.3 Å². The number of pyridine rings is 1. The van der Waals surface area contributed by atoms with Crippen LogP contribution in [0, 0.1) is 0 Å². The molecule has 0 fully saturated rings. The van der Waals surface area contributed by atoms with Gasteiger partial charge < -0.3 is 19.9 Å². The van der Waals surface area contributed by atoms with Crippen molar-refractivity contribution in [2.45, 2.75) is 19.3 Å². The number of hydrogen-bond donors (Lipinski definition) is 2. The van der Waals surface area contributed by atoms with Gasteiger partial charge in [-0.25, -0.2) is 9.97 Å².